The van der Waals surface area contributed by atoms with Crippen LogP contribution in [-0.4, -0.2) is 33.0 Å². The maximum absolute atomic E-state index is 12.6. The molecule has 0 saturated carbocycles. The highest BCUT2D eigenvalue weighted by Crippen LogP contribution is 2.32. The number of aryl methyl sites for hydroxylation is 4. The molecule has 0 saturated heterocycles. The molecular formula is C28H35BrN4O2S. The van der Waals surface area contributed by atoms with Crippen molar-refractivity contribution in [1.82, 2.24) is 14.8 Å². The normalized spacial score (nSPS) is 11.1. The fourth-order valence-electron chi connectivity index (χ4n) is 3.79. The summed E-state index contributed by atoms with van der Waals surface area (Å²) in [6.45, 7) is 15.5. The molecule has 2 aromatic carbocycles. The second-order valence-electron chi connectivity index (χ2n) is 9.20. The van der Waals surface area contributed by atoms with Gasteiger partial charge in [-0.1, -0.05) is 59.7 Å². The summed E-state index contributed by atoms with van der Waals surface area (Å²) < 4.78 is 9.24. The summed E-state index contributed by atoms with van der Waals surface area (Å²) in [5.41, 5.74) is 5.34. The second kappa shape index (κ2) is 13.1. The molecule has 1 N–H and O–H groups in total. The van der Waals surface area contributed by atoms with Crippen molar-refractivity contribution < 1.29 is 9.53 Å². The van der Waals surface area contributed by atoms with Crippen LogP contribution in [0.2, 0.25) is 0 Å². The molecule has 192 valence electrons. The van der Waals surface area contributed by atoms with Gasteiger partial charge in [-0.05, 0) is 73.6 Å². The van der Waals surface area contributed by atoms with Gasteiger partial charge in [-0.15, -0.1) is 16.8 Å². The van der Waals surface area contributed by atoms with Crippen LogP contribution in [0, 0.1) is 20.8 Å². The molecule has 36 heavy (non-hydrogen) atoms. The van der Waals surface area contributed by atoms with Gasteiger partial charge in [0.25, 0.3) is 0 Å². The topological polar surface area (TPSA) is 69.0 Å². The number of carbonyl (C=O) groups excluding carboxylic acids is 1. The largest absolute Gasteiger partial charge is 0.493 e. The fraction of sp³-hybridized carbons (Fsp3) is 0.393. The number of hydrogen-bond acceptors (Lipinski definition) is 5. The predicted molar refractivity (Wildman–Crippen MR) is 152 cm³/mol. The minimum atomic E-state index is -0.0672. The summed E-state index contributed by atoms with van der Waals surface area (Å²) in [5, 5.41) is 12.4. The lowest BCUT2D eigenvalue weighted by atomic mass is 10.0. The first kappa shape index (κ1) is 28.0. The Balaban J connectivity index is 1.56. The Labute approximate surface area is 227 Å². The van der Waals surface area contributed by atoms with Gasteiger partial charge < -0.3 is 14.6 Å². The monoisotopic (exact) mass is 570 g/mol. The number of nitrogens with one attached hydrogen (secondary N) is 1. The Bertz CT molecular complexity index is 1220. The zero-order valence-electron chi connectivity index (χ0n) is 21.7. The molecule has 0 radical (unpaired) electrons. The van der Waals surface area contributed by atoms with Crippen LogP contribution in [0.5, 0.6) is 5.75 Å². The van der Waals surface area contributed by atoms with Crippen LogP contribution in [0.3, 0.4) is 0 Å². The van der Waals surface area contributed by atoms with Crippen molar-refractivity contribution in [3.63, 3.8) is 0 Å². The van der Waals surface area contributed by atoms with Crippen LogP contribution in [0.15, 0.2) is 52.6 Å². The van der Waals surface area contributed by atoms with E-state index in [2.05, 4.69) is 70.9 Å². The summed E-state index contributed by atoms with van der Waals surface area (Å²) in [4.78, 5) is 12.6. The third kappa shape index (κ3) is 7.46. The molecule has 0 fully saturated rings. The van der Waals surface area contributed by atoms with E-state index in [0.29, 0.717) is 24.2 Å². The number of hydrogen-bond donors (Lipinski definition) is 1. The molecule has 3 aromatic rings. The van der Waals surface area contributed by atoms with E-state index in [1.165, 1.54) is 17.3 Å². The van der Waals surface area contributed by atoms with Gasteiger partial charge in [-0.25, -0.2) is 0 Å². The van der Waals surface area contributed by atoms with Crippen LogP contribution in [0.1, 0.15) is 54.3 Å². The van der Waals surface area contributed by atoms with E-state index in [0.717, 1.165) is 51.3 Å². The number of rotatable bonds is 12. The molecule has 0 aliphatic heterocycles. The maximum Gasteiger partial charge on any atom is 0.234 e. The fourth-order valence-corrected chi connectivity index (χ4v) is 5.47. The predicted octanol–water partition coefficient (Wildman–Crippen LogP) is 7.02. The highest BCUT2D eigenvalue weighted by atomic mass is 79.9. The molecule has 0 unspecified atom stereocenters. The van der Waals surface area contributed by atoms with E-state index in [4.69, 9.17) is 4.74 Å². The van der Waals surface area contributed by atoms with E-state index < -0.39 is 0 Å². The van der Waals surface area contributed by atoms with Crippen LogP contribution < -0.4 is 10.1 Å². The Hall–Kier alpha value is -2.58. The van der Waals surface area contributed by atoms with Gasteiger partial charge in [0.15, 0.2) is 5.16 Å². The highest BCUT2D eigenvalue weighted by molar-refractivity contribution is 9.10. The number of aromatic nitrogens is 3. The Morgan fingerprint density at radius 3 is 2.69 bits per heavy atom. The van der Waals surface area contributed by atoms with Crippen LogP contribution in [0.25, 0.3) is 0 Å². The van der Waals surface area contributed by atoms with Crippen molar-refractivity contribution in [3.8, 4) is 5.75 Å². The maximum atomic E-state index is 12.6. The molecule has 0 aliphatic rings. The third-order valence-corrected chi connectivity index (χ3v) is 7.48. The third-order valence-electron chi connectivity index (χ3n) is 5.82. The molecule has 0 bridgehead atoms. The minimum Gasteiger partial charge on any atom is -0.493 e. The van der Waals surface area contributed by atoms with Crippen molar-refractivity contribution in [1.29, 1.82) is 0 Å². The summed E-state index contributed by atoms with van der Waals surface area (Å²) >= 11 is 5.04. The van der Waals surface area contributed by atoms with Crippen molar-refractivity contribution in [2.75, 3.05) is 17.7 Å². The van der Waals surface area contributed by atoms with Gasteiger partial charge in [-0.2, -0.15) is 0 Å². The zero-order valence-corrected chi connectivity index (χ0v) is 24.1. The summed E-state index contributed by atoms with van der Waals surface area (Å²) in [6, 6.07) is 10.3. The average molecular weight is 572 g/mol. The van der Waals surface area contributed by atoms with Gasteiger partial charge in [0.1, 0.15) is 11.6 Å². The molecule has 0 spiro atoms. The lowest BCUT2D eigenvalue weighted by Gasteiger charge is -2.15. The first-order chi connectivity index (χ1) is 17.2. The van der Waals surface area contributed by atoms with Crippen LogP contribution >= 0.6 is 27.7 Å². The van der Waals surface area contributed by atoms with Gasteiger partial charge in [-0.3, -0.25) is 4.79 Å². The van der Waals surface area contributed by atoms with Crippen molar-refractivity contribution >= 4 is 39.3 Å². The summed E-state index contributed by atoms with van der Waals surface area (Å²) in [5.74, 6) is 2.39. The second-order valence-corrected chi connectivity index (χ2v) is 11.0. The number of benzene rings is 2. The highest BCUT2D eigenvalue weighted by Gasteiger charge is 2.15. The number of allylic oxidation sites excluding steroid dienone is 1. The quantitative estimate of drug-likeness (QED) is 0.144. The lowest BCUT2D eigenvalue weighted by molar-refractivity contribution is -0.113. The van der Waals surface area contributed by atoms with E-state index in [9.17, 15) is 4.79 Å². The molecule has 0 atom stereocenters. The molecule has 3 rings (SSSR count). The first-order valence-electron chi connectivity index (χ1n) is 12.1. The molecule has 6 nitrogen and oxygen atoms in total. The molecule has 1 heterocycles. The first-order valence-corrected chi connectivity index (χ1v) is 13.9. The number of thioether (sulfide) groups is 1. The number of halogens is 1. The van der Waals surface area contributed by atoms with Crippen molar-refractivity contribution in [3.05, 3.63) is 75.5 Å². The smallest absolute Gasteiger partial charge is 0.234 e. The van der Waals surface area contributed by atoms with Gasteiger partial charge in [0.05, 0.1) is 12.4 Å². The molecule has 8 heteroatoms. The number of amides is 1. The SMILES string of the molecule is C=CCn1c(CCCOc2cc(C(C)C)c(Br)cc2C)nnc1SCC(=O)Nc1cc(C)ccc1C. The van der Waals surface area contributed by atoms with Crippen LogP contribution in [-0.2, 0) is 17.8 Å². The number of anilines is 1. The van der Waals surface area contributed by atoms with E-state index >= 15 is 0 Å². The Kier molecular flexibility index (Phi) is 10.2. The van der Waals surface area contributed by atoms with Crippen molar-refractivity contribution in [2.24, 2.45) is 0 Å². The van der Waals surface area contributed by atoms with Gasteiger partial charge in [0.2, 0.25) is 5.91 Å². The zero-order chi connectivity index (χ0) is 26.2. The minimum absolute atomic E-state index is 0.0672. The molecule has 0 aliphatic carbocycles. The Morgan fingerprint density at radius 1 is 1.19 bits per heavy atom. The molecular weight excluding hydrogens is 536 g/mol. The van der Waals surface area contributed by atoms with E-state index in [1.54, 1.807) is 0 Å². The lowest BCUT2D eigenvalue weighted by Crippen LogP contribution is -2.15. The van der Waals surface area contributed by atoms with Gasteiger partial charge >= 0.3 is 0 Å². The van der Waals surface area contributed by atoms with Crippen molar-refractivity contribution in [2.45, 2.75) is 65.1 Å². The number of nitrogens with zero attached hydrogens (tertiary/aromatic N) is 3. The average Bonchev–Trinajstić information content (AvgIpc) is 3.20. The summed E-state index contributed by atoms with van der Waals surface area (Å²) in [6.07, 6.45) is 3.35. The molecule has 1 aromatic heterocycles. The van der Waals surface area contributed by atoms with Crippen LogP contribution in [0.4, 0.5) is 5.69 Å². The Morgan fingerprint density at radius 2 is 1.97 bits per heavy atom. The number of carbonyl (C=O) groups is 1. The summed E-state index contributed by atoms with van der Waals surface area (Å²) in [7, 11) is 0. The van der Waals surface area contributed by atoms with E-state index in [1.807, 2.05) is 42.7 Å². The number of ether oxygens (including phenoxy) is 1. The van der Waals surface area contributed by atoms with E-state index in [-0.39, 0.29) is 11.7 Å². The van der Waals surface area contributed by atoms with Gasteiger partial charge in [0, 0.05) is 23.1 Å². The molecule has 1 amide bonds. The standard InChI is InChI=1S/C28H35BrN4O2S/c1-7-12-33-26(9-8-13-35-25-16-22(18(2)3)23(29)15-21(25)6)31-32-28(33)36-17-27(34)30-24-14-19(4)10-11-20(24)5/h7,10-11,14-16,18H,1,8-9,12-13,17H2,2-6H3,(H,30,34).